The van der Waals surface area contributed by atoms with Gasteiger partial charge in [0.1, 0.15) is 12.4 Å². The van der Waals surface area contributed by atoms with Crippen molar-refractivity contribution in [3.05, 3.63) is 71.2 Å². The number of rotatable bonds is 3. The minimum absolute atomic E-state index is 0. The second kappa shape index (κ2) is 9.44. The van der Waals surface area contributed by atoms with Crippen LogP contribution >= 0.6 is 12.4 Å². The Morgan fingerprint density at radius 1 is 1.15 bits per heavy atom. The lowest BCUT2D eigenvalue weighted by atomic mass is 9.85. The summed E-state index contributed by atoms with van der Waals surface area (Å²) in [6, 6.07) is 8.72. The van der Waals surface area contributed by atoms with Crippen LogP contribution < -0.4 is 15.4 Å². The highest BCUT2D eigenvalue weighted by Gasteiger charge is 2.30. The maximum absolute atomic E-state index is 13.8. The van der Waals surface area contributed by atoms with Crippen LogP contribution in [0.2, 0.25) is 0 Å². The molecule has 2 aromatic carbocycles. The van der Waals surface area contributed by atoms with Gasteiger partial charge in [-0.3, -0.25) is 9.48 Å². The average molecular weight is 479 g/mol. The third-order valence-corrected chi connectivity index (χ3v) is 6.03. The van der Waals surface area contributed by atoms with Crippen LogP contribution in [-0.2, 0) is 6.54 Å². The summed E-state index contributed by atoms with van der Waals surface area (Å²) in [4.78, 5) is 13.0. The Bertz CT molecular complexity index is 1160. The van der Waals surface area contributed by atoms with Crippen molar-refractivity contribution in [1.82, 2.24) is 20.4 Å². The maximum Gasteiger partial charge on any atom is 0.251 e. The number of amides is 1. The molecule has 6 nitrogen and oxygen atoms in total. The topological polar surface area (TPSA) is 68.2 Å². The Labute approximate surface area is 194 Å². The van der Waals surface area contributed by atoms with Gasteiger partial charge in [-0.25, -0.2) is 13.2 Å². The number of hydrogen-bond acceptors (Lipinski definition) is 4. The van der Waals surface area contributed by atoms with Crippen molar-refractivity contribution in [3.8, 4) is 17.0 Å². The normalized spacial score (nSPS) is 19.4. The van der Waals surface area contributed by atoms with Crippen molar-refractivity contribution >= 4 is 18.3 Å². The molecule has 3 heterocycles. The third kappa shape index (κ3) is 4.43. The Hall–Kier alpha value is -3.04. The average Bonchev–Trinajstić information content (AvgIpc) is 3.18. The number of halogens is 4. The smallest absolute Gasteiger partial charge is 0.251 e. The first kappa shape index (κ1) is 23.1. The van der Waals surface area contributed by atoms with Gasteiger partial charge in [-0.2, -0.15) is 5.10 Å². The Morgan fingerprint density at radius 3 is 2.73 bits per heavy atom. The van der Waals surface area contributed by atoms with E-state index >= 15 is 0 Å². The summed E-state index contributed by atoms with van der Waals surface area (Å²) < 4.78 is 48.6. The largest absolute Gasteiger partial charge is 0.491 e. The first-order chi connectivity index (χ1) is 15.5. The first-order valence-corrected chi connectivity index (χ1v) is 10.5. The molecule has 10 heteroatoms. The highest BCUT2D eigenvalue weighted by Crippen LogP contribution is 2.33. The number of hydrogen-bond donors (Lipinski definition) is 2. The van der Waals surface area contributed by atoms with Crippen LogP contribution in [-0.4, -0.2) is 41.4 Å². The van der Waals surface area contributed by atoms with Crippen LogP contribution in [0.5, 0.6) is 5.75 Å². The molecule has 0 radical (unpaired) electrons. The number of carbonyl (C=O) groups excluding carboxylic acids is 1. The van der Waals surface area contributed by atoms with Crippen molar-refractivity contribution in [1.29, 1.82) is 0 Å². The van der Waals surface area contributed by atoms with Gasteiger partial charge in [-0.15, -0.1) is 12.4 Å². The maximum atomic E-state index is 13.8. The predicted octanol–water partition coefficient (Wildman–Crippen LogP) is 3.66. The molecule has 0 aliphatic carbocycles. The standard InChI is InChI=1S/C23H21F3N4O2.ClH/c24-17-9-14(10-18(25)22(17)26)15-3-5-27-12-19(15)29-23(31)13-1-2-16-20-4-6-28-30(20)7-8-32-21(16)11-13;/h1-2,4,6,9-11,15,19,27H,3,5,7-8,12H2,(H,29,31);1H/t15-,19+;/m0./s1. The molecule has 1 amide bonds. The molecule has 33 heavy (non-hydrogen) atoms. The lowest BCUT2D eigenvalue weighted by molar-refractivity contribution is 0.0924. The molecular formula is C23H22ClF3N4O2. The summed E-state index contributed by atoms with van der Waals surface area (Å²) in [6.45, 7) is 2.09. The molecule has 174 valence electrons. The fraction of sp³-hybridized carbons (Fsp3) is 0.304. The van der Waals surface area contributed by atoms with Crippen LogP contribution in [0.1, 0.15) is 28.3 Å². The number of aromatic nitrogens is 2. The summed E-state index contributed by atoms with van der Waals surface area (Å²) in [6.07, 6.45) is 2.27. The summed E-state index contributed by atoms with van der Waals surface area (Å²) in [5.41, 5.74) is 2.51. The second-order valence-electron chi connectivity index (χ2n) is 7.98. The molecule has 5 rings (SSSR count). The van der Waals surface area contributed by atoms with Crippen LogP contribution in [0, 0.1) is 17.5 Å². The van der Waals surface area contributed by atoms with Gasteiger partial charge < -0.3 is 15.4 Å². The molecular weight excluding hydrogens is 457 g/mol. The first-order valence-electron chi connectivity index (χ1n) is 10.5. The number of nitrogens with zero attached hydrogens (tertiary/aromatic N) is 2. The molecule has 2 aliphatic rings. The molecule has 0 unspecified atom stereocenters. The fourth-order valence-corrected chi connectivity index (χ4v) is 4.43. The summed E-state index contributed by atoms with van der Waals surface area (Å²) in [7, 11) is 0. The van der Waals surface area contributed by atoms with E-state index in [9.17, 15) is 18.0 Å². The van der Waals surface area contributed by atoms with Crippen molar-refractivity contribution in [3.63, 3.8) is 0 Å². The molecule has 1 saturated heterocycles. The Morgan fingerprint density at radius 2 is 1.94 bits per heavy atom. The van der Waals surface area contributed by atoms with Gasteiger partial charge in [-0.1, -0.05) is 0 Å². The number of piperidine rings is 1. The molecule has 1 fully saturated rings. The van der Waals surface area contributed by atoms with E-state index in [2.05, 4.69) is 15.7 Å². The van der Waals surface area contributed by atoms with Gasteiger partial charge in [-0.05, 0) is 54.9 Å². The number of ether oxygens (including phenoxy) is 1. The van der Waals surface area contributed by atoms with Gasteiger partial charge in [0.15, 0.2) is 17.5 Å². The molecule has 0 spiro atoms. The van der Waals surface area contributed by atoms with E-state index in [4.69, 9.17) is 4.74 Å². The molecule has 3 aromatic rings. The van der Waals surface area contributed by atoms with Gasteiger partial charge in [0, 0.05) is 35.8 Å². The summed E-state index contributed by atoms with van der Waals surface area (Å²) in [5.74, 6) is -4.03. The zero-order valence-electron chi connectivity index (χ0n) is 17.5. The second-order valence-corrected chi connectivity index (χ2v) is 7.98. The van der Waals surface area contributed by atoms with E-state index in [0.717, 1.165) is 23.4 Å². The Kier molecular flexibility index (Phi) is 6.62. The minimum atomic E-state index is -1.49. The van der Waals surface area contributed by atoms with Gasteiger partial charge in [0.2, 0.25) is 0 Å². The molecule has 2 atom stereocenters. The van der Waals surface area contributed by atoms with Crippen molar-refractivity contribution < 1.29 is 22.7 Å². The summed E-state index contributed by atoms with van der Waals surface area (Å²) in [5, 5.41) is 10.4. The van der Waals surface area contributed by atoms with E-state index in [-0.39, 0.29) is 24.2 Å². The monoisotopic (exact) mass is 478 g/mol. The SMILES string of the molecule is Cl.O=C(N[C@@H]1CNCC[C@H]1c1cc(F)c(F)c(F)c1)c1ccc2c(c1)OCCn1nccc1-2. The van der Waals surface area contributed by atoms with E-state index < -0.39 is 23.5 Å². The highest BCUT2D eigenvalue weighted by molar-refractivity contribution is 5.95. The fourth-order valence-electron chi connectivity index (χ4n) is 4.43. The zero-order chi connectivity index (χ0) is 22.2. The molecule has 0 saturated carbocycles. The van der Waals surface area contributed by atoms with Crippen LogP contribution in [0.15, 0.2) is 42.6 Å². The molecule has 1 aromatic heterocycles. The van der Waals surface area contributed by atoms with Gasteiger partial charge >= 0.3 is 0 Å². The minimum Gasteiger partial charge on any atom is -0.491 e. The van der Waals surface area contributed by atoms with E-state index in [1.165, 1.54) is 0 Å². The number of fused-ring (bicyclic) bond motifs is 3. The quantitative estimate of drug-likeness (QED) is 0.564. The van der Waals surface area contributed by atoms with Crippen molar-refractivity contribution in [2.45, 2.75) is 24.9 Å². The van der Waals surface area contributed by atoms with E-state index in [0.29, 0.717) is 49.5 Å². The Balaban J connectivity index is 0.00000259. The van der Waals surface area contributed by atoms with Crippen LogP contribution in [0.3, 0.4) is 0 Å². The van der Waals surface area contributed by atoms with E-state index in [1.807, 2.05) is 16.8 Å². The van der Waals surface area contributed by atoms with E-state index in [1.54, 1.807) is 18.3 Å². The van der Waals surface area contributed by atoms with Crippen LogP contribution in [0.25, 0.3) is 11.3 Å². The third-order valence-electron chi connectivity index (χ3n) is 6.03. The lowest BCUT2D eigenvalue weighted by Crippen LogP contribution is -2.50. The van der Waals surface area contributed by atoms with Crippen molar-refractivity contribution in [2.75, 3.05) is 19.7 Å². The van der Waals surface area contributed by atoms with Gasteiger partial charge in [0.25, 0.3) is 5.91 Å². The highest BCUT2D eigenvalue weighted by atomic mass is 35.5. The van der Waals surface area contributed by atoms with Gasteiger partial charge in [0.05, 0.1) is 12.2 Å². The summed E-state index contributed by atoms with van der Waals surface area (Å²) >= 11 is 0. The molecule has 0 bridgehead atoms. The predicted molar refractivity (Wildman–Crippen MR) is 118 cm³/mol. The zero-order valence-corrected chi connectivity index (χ0v) is 18.3. The number of nitrogens with one attached hydrogen (secondary N) is 2. The molecule has 2 N–H and O–H groups in total. The van der Waals surface area contributed by atoms with Crippen molar-refractivity contribution in [2.24, 2.45) is 0 Å². The van der Waals surface area contributed by atoms with Crippen LogP contribution in [0.4, 0.5) is 13.2 Å². The molecule has 2 aliphatic heterocycles. The number of benzene rings is 2. The lowest BCUT2D eigenvalue weighted by Gasteiger charge is -2.33. The number of carbonyl (C=O) groups is 1.